The van der Waals surface area contributed by atoms with Crippen LogP contribution in [0.15, 0.2) is 30.3 Å². The summed E-state index contributed by atoms with van der Waals surface area (Å²) in [5.41, 5.74) is 22.7. The first-order valence-electron chi connectivity index (χ1n) is 24.4. The van der Waals surface area contributed by atoms with Crippen LogP contribution in [0, 0.1) is 0 Å². The molecule has 1 aromatic rings. The molecule has 0 saturated carbocycles. The summed E-state index contributed by atoms with van der Waals surface area (Å²) in [6.07, 6.45) is -3.90. The molecule has 0 aliphatic heterocycles. The Labute approximate surface area is 442 Å². The van der Waals surface area contributed by atoms with Crippen LogP contribution in [-0.4, -0.2) is 201 Å². The molecule has 31 heteroatoms. The zero-order chi connectivity index (χ0) is 58.5. The Bertz CT molecular complexity index is 2170. The van der Waals surface area contributed by atoms with E-state index in [9.17, 15) is 88.2 Å². The summed E-state index contributed by atoms with van der Waals surface area (Å²) in [5.74, 6) is -14.9. The maximum absolute atomic E-state index is 13.9. The Morgan fingerprint density at radius 1 is 0.481 bits per heavy atom. The zero-order valence-corrected chi connectivity index (χ0v) is 42.9. The van der Waals surface area contributed by atoms with Crippen LogP contribution in [0.1, 0.15) is 77.7 Å². The van der Waals surface area contributed by atoms with Gasteiger partial charge < -0.3 is 101 Å². The molecule has 12 atom stereocenters. The first-order chi connectivity index (χ1) is 36.2. The quantitative estimate of drug-likeness (QED) is 0.0275. The van der Waals surface area contributed by atoms with Crippen LogP contribution in [0.5, 0.6) is 0 Å². The fourth-order valence-electron chi connectivity index (χ4n) is 6.96. The average Bonchev–Trinajstić information content (AvgIpc) is 3.36. The molecule has 0 unspecified atom stereocenters. The Balaban J connectivity index is 3.39. The number of benzene rings is 1. The summed E-state index contributed by atoms with van der Waals surface area (Å²) in [6.45, 7) is 1.51. The summed E-state index contributed by atoms with van der Waals surface area (Å²) in [7, 11) is 0. The zero-order valence-electron chi connectivity index (χ0n) is 42.9. The number of carboxylic acid groups (broad SMARTS) is 2. The Morgan fingerprint density at radius 2 is 0.870 bits per heavy atom. The molecule has 0 radical (unpaired) electrons. The smallest absolute Gasteiger partial charge is 0.325 e. The van der Waals surface area contributed by atoms with Crippen molar-refractivity contribution in [2.24, 2.45) is 22.9 Å². The topological polar surface area (TPSA) is 539 Å². The van der Waals surface area contributed by atoms with Gasteiger partial charge in [-0.25, -0.2) is 0 Å². The standard InChI is InChI=1S/C46H75N13O18/c1-22(46(76)77)51-44(74)35(23(2)62)59-41(71)29(18-33(50)64)54-39(69)28(17-25-11-5-4-6-12-25)53-40(70)30(19-34(65)66)55-42(72)31(20-60)57-43(73)32(21-61)56-38(68)27(14-8-10-16-48)52-45(75)36(24(3)63)58-37(67)26(49)13-7-9-15-47/h4-6,11-12,22-24,26-32,35-36,60-63H,7-10,13-21,47-49H2,1-3H3,(H2,50,64)(H,51,74)(H,52,75)(H,53,70)(H,54,69)(H,55,72)(H,56,68)(H,57,73)(H,58,67)(H,59,71)(H,65,66)(H,76,77)/t22-,23+,24+,26-,27-,28-,29-,30-,31-,32-,35-,36-/m0/s1. The Hall–Kier alpha value is -7.42. The predicted molar refractivity (Wildman–Crippen MR) is 268 cm³/mol. The highest BCUT2D eigenvalue weighted by Crippen LogP contribution is 2.09. The molecule has 1 aromatic carbocycles. The van der Waals surface area contributed by atoms with E-state index in [-0.39, 0.29) is 25.8 Å². The van der Waals surface area contributed by atoms with E-state index < -0.39 is 176 Å². The van der Waals surface area contributed by atoms with E-state index in [1.807, 2.05) is 5.32 Å². The van der Waals surface area contributed by atoms with E-state index in [4.69, 9.17) is 22.9 Å². The van der Waals surface area contributed by atoms with Crippen molar-refractivity contribution in [1.82, 2.24) is 47.9 Å². The third kappa shape index (κ3) is 24.9. The highest BCUT2D eigenvalue weighted by atomic mass is 16.4. The van der Waals surface area contributed by atoms with E-state index in [0.29, 0.717) is 31.4 Å². The first-order valence-corrected chi connectivity index (χ1v) is 24.4. The second kappa shape index (κ2) is 35.0. The van der Waals surface area contributed by atoms with Gasteiger partial charge in [0.2, 0.25) is 59.1 Å². The largest absolute Gasteiger partial charge is 0.481 e. The molecular weight excluding hydrogens is 1020 g/mol. The highest BCUT2D eigenvalue weighted by Gasteiger charge is 2.37. The SMILES string of the molecule is C[C@H](NC(=O)[C@@H](NC(=O)[C@H](CC(N)=O)NC(=O)[C@H](Cc1ccccc1)NC(=O)[C@H](CC(=O)O)NC(=O)[C@H](CO)NC(=O)[C@H](CO)NC(=O)[C@H](CCCCN)NC(=O)[C@@H](NC(=O)[C@@H](N)CCCCN)[C@@H](C)O)[C@@H](C)O)C(=O)O. The fourth-order valence-corrected chi connectivity index (χ4v) is 6.96. The lowest BCUT2D eigenvalue weighted by Crippen LogP contribution is -2.62. The van der Waals surface area contributed by atoms with Crippen molar-refractivity contribution >= 4 is 71.0 Å². The number of carboxylic acids is 2. The number of unbranched alkanes of at least 4 members (excludes halogenated alkanes) is 2. The van der Waals surface area contributed by atoms with Gasteiger partial charge in [-0.3, -0.25) is 57.5 Å². The number of nitrogens with one attached hydrogen (secondary N) is 9. The van der Waals surface area contributed by atoms with Crippen molar-refractivity contribution in [3.63, 3.8) is 0 Å². The molecule has 10 amide bonds. The maximum Gasteiger partial charge on any atom is 0.325 e. The number of primary amides is 1. The summed E-state index contributed by atoms with van der Waals surface area (Å²) in [6, 6.07) is -9.42. The normalized spacial score (nSPS) is 15.7. The molecule has 23 N–H and O–H groups in total. The van der Waals surface area contributed by atoms with Gasteiger partial charge in [0.1, 0.15) is 54.4 Å². The number of hydrogen-bond acceptors (Lipinski definition) is 19. The van der Waals surface area contributed by atoms with Crippen molar-refractivity contribution in [1.29, 1.82) is 0 Å². The number of carbonyl (C=O) groups excluding carboxylic acids is 10. The third-order valence-corrected chi connectivity index (χ3v) is 11.3. The molecule has 77 heavy (non-hydrogen) atoms. The van der Waals surface area contributed by atoms with Crippen molar-refractivity contribution in [2.45, 2.75) is 151 Å². The molecule has 0 bridgehead atoms. The number of aliphatic carboxylic acids is 2. The summed E-state index contributed by atoms with van der Waals surface area (Å²) < 4.78 is 0. The lowest BCUT2D eigenvalue weighted by atomic mass is 10.0. The van der Waals surface area contributed by atoms with Crippen LogP contribution in [0.25, 0.3) is 0 Å². The van der Waals surface area contributed by atoms with Gasteiger partial charge in [0.15, 0.2) is 0 Å². The minimum Gasteiger partial charge on any atom is -0.481 e. The summed E-state index contributed by atoms with van der Waals surface area (Å²) in [5, 5.41) is 79.5. The number of carbonyl (C=O) groups is 12. The van der Waals surface area contributed by atoms with E-state index in [0.717, 1.165) is 13.8 Å². The van der Waals surface area contributed by atoms with Crippen molar-refractivity contribution in [3.8, 4) is 0 Å². The lowest BCUT2D eigenvalue weighted by molar-refractivity contribution is -0.143. The number of aliphatic hydroxyl groups excluding tert-OH is 4. The second-order valence-corrected chi connectivity index (χ2v) is 17.9. The predicted octanol–water partition coefficient (Wildman–Crippen LogP) is -8.62. The molecule has 31 nitrogen and oxygen atoms in total. The van der Waals surface area contributed by atoms with Gasteiger partial charge >= 0.3 is 11.9 Å². The molecule has 0 saturated heterocycles. The maximum atomic E-state index is 13.9. The number of nitrogens with two attached hydrogens (primary N) is 4. The Morgan fingerprint density at radius 3 is 1.32 bits per heavy atom. The van der Waals surface area contributed by atoms with Crippen LogP contribution >= 0.6 is 0 Å². The van der Waals surface area contributed by atoms with Crippen molar-refractivity contribution < 1.29 is 88.2 Å². The molecule has 0 heterocycles. The molecule has 0 aromatic heterocycles. The summed E-state index contributed by atoms with van der Waals surface area (Å²) >= 11 is 0. The van der Waals surface area contributed by atoms with Crippen molar-refractivity contribution in [3.05, 3.63) is 35.9 Å². The first kappa shape index (κ1) is 67.6. The summed E-state index contributed by atoms with van der Waals surface area (Å²) in [4.78, 5) is 156. The molecular formula is C46H75N13O18. The van der Waals surface area contributed by atoms with E-state index in [1.165, 1.54) is 19.1 Å². The minimum atomic E-state index is -2.09. The van der Waals surface area contributed by atoms with Crippen LogP contribution in [-0.2, 0) is 64.0 Å². The van der Waals surface area contributed by atoms with Gasteiger partial charge in [-0.2, -0.15) is 0 Å². The third-order valence-electron chi connectivity index (χ3n) is 11.3. The van der Waals surface area contributed by atoms with Gasteiger partial charge in [-0.05, 0) is 71.5 Å². The molecule has 0 fully saturated rings. The van der Waals surface area contributed by atoms with Gasteiger partial charge in [0.25, 0.3) is 0 Å². The molecule has 432 valence electrons. The highest BCUT2D eigenvalue weighted by molar-refractivity contribution is 6.00. The molecule has 1 rings (SSSR count). The molecule has 0 aliphatic carbocycles. The molecule has 0 spiro atoms. The second-order valence-electron chi connectivity index (χ2n) is 17.9. The van der Waals surface area contributed by atoms with Crippen molar-refractivity contribution in [2.75, 3.05) is 26.3 Å². The van der Waals surface area contributed by atoms with Crippen LogP contribution in [0.4, 0.5) is 0 Å². The monoisotopic (exact) mass is 1100 g/mol. The van der Waals surface area contributed by atoms with E-state index in [1.54, 1.807) is 18.2 Å². The van der Waals surface area contributed by atoms with Crippen LogP contribution in [0.2, 0.25) is 0 Å². The molecule has 0 aliphatic rings. The van der Waals surface area contributed by atoms with E-state index in [2.05, 4.69) is 42.5 Å². The Kier molecular flexibility index (Phi) is 30.7. The van der Waals surface area contributed by atoms with Gasteiger partial charge in [0.05, 0.1) is 44.3 Å². The average molecular weight is 1100 g/mol. The number of aliphatic hydroxyl groups is 4. The minimum absolute atomic E-state index is 0.110. The van der Waals surface area contributed by atoms with Gasteiger partial charge in [-0.1, -0.05) is 36.8 Å². The van der Waals surface area contributed by atoms with Crippen LogP contribution in [0.3, 0.4) is 0 Å². The number of rotatable bonds is 37. The van der Waals surface area contributed by atoms with Gasteiger partial charge in [-0.15, -0.1) is 0 Å². The van der Waals surface area contributed by atoms with E-state index >= 15 is 0 Å². The fraction of sp³-hybridized carbons (Fsp3) is 0.609. The van der Waals surface area contributed by atoms with Crippen LogP contribution < -0.4 is 70.8 Å². The number of hydrogen-bond donors (Lipinski definition) is 19. The van der Waals surface area contributed by atoms with Gasteiger partial charge in [0, 0.05) is 6.42 Å². The number of amides is 10. The lowest BCUT2D eigenvalue weighted by Gasteiger charge is -2.28.